The molecule has 3 aromatic heterocycles. The molecule has 1 fully saturated rings. The van der Waals surface area contributed by atoms with E-state index < -0.39 is 0 Å². The molecule has 1 aliphatic heterocycles. The number of hydrogen-bond donors (Lipinski definition) is 0. The summed E-state index contributed by atoms with van der Waals surface area (Å²) < 4.78 is 5.81. The number of aryl methyl sites for hydroxylation is 2. The molecule has 0 radical (unpaired) electrons. The van der Waals surface area contributed by atoms with Gasteiger partial charge in [0.2, 0.25) is 5.91 Å². The molecule has 1 aliphatic rings. The van der Waals surface area contributed by atoms with E-state index in [1.165, 1.54) is 0 Å². The molecule has 0 spiro atoms. The van der Waals surface area contributed by atoms with Crippen molar-refractivity contribution in [3.8, 4) is 0 Å². The quantitative estimate of drug-likeness (QED) is 0.638. The van der Waals surface area contributed by atoms with Gasteiger partial charge in [0.15, 0.2) is 5.82 Å². The fourth-order valence-corrected chi connectivity index (χ4v) is 3.84. The maximum atomic E-state index is 12.7. The Morgan fingerprint density at radius 2 is 2.18 bits per heavy atom. The van der Waals surface area contributed by atoms with Gasteiger partial charge < -0.3 is 14.0 Å². The van der Waals surface area contributed by atoms with Crippen molar-refractivity contribution in [3.05, 3.63) is 48.3 Å². The van der Waals surface area contributed by atoms with Crippen molar-refractivity contribution in [1.29, 1.82) is 0 Å². The van der Waals surface area contributed by atoms with Gasteiger partial charge in [-0.3, -0.25) is 9.48 Å². The van der Waals surface area contributed by atoms with Crippen molar-refractivity contribution in [2.24, 2.45) is 14.1 Å². The summed E-state index contributed by atoms with van der Waals surface area (Å²) in [5.41, 5.74) is 1.10. The Morgan fingerprint density at radius 3 is 2.93 bits per heavy atom. The van der Waals surface area contributed by atoms with Crippen molar-refractivity contribution < 1.29 is 4.79 Å². The second-order valence-electron chi connectivity index (χ2n) is 7.47. The fraction of sp³-hybridized carbons (Fsp3) is 0.526. The van der Waals surface area contributed by atoms with Gasteiger partial charge in [-0.25, -0.2) is 4.98 Å². The van der Waals surface area contributed by atoms with Crippen LogP contribution in [0.5, 0.6) is 0 Å². The summed E-state index contributed by atoms with van der Waals surface area (Å²) in [6, 6.07) is 0. The first-order chi connectivity index (χ1) is 13.6. The van der Waals surface area contributed by atoms with Gasteiger partial charge >= 0.3 is 0 Å². The van der Waals surface area contributed by atoms with E-state index >= 15 is 0 Å². The average Bonchev–Trinajstić information content (AvgIpc) is 3.44. The highest BCUT2D eigenvalue weighted by molar-refractivity contribution is 5.76. The number of carbonyl (C=O) groups is 1. The molecule has 1 saturated heterocycles. The molecule has 3 aromatic rings. The monoisotopic (exact) mass is 382 g/mol. The number of imidazole rings is 1. The summed E-state index contributed by atoms with van der Waals surface area (Å²) in [7, 11) is 3.90. The lowest BCUT2D eigenvalue weighted by atomic mass is 9.96. The van der Waals surface area contributed by atoms with E-state index in [0.717, 1.165) is 43.0 Å². The molecule has 9 nitrogen and oxygen atoms in total. The highest BCUT2D eigenvalue weighted by atomic mass is 16.2. The minimum absolute atomic E-state index is 0.203. The van der Waals surface area contributed by atoms with Crippen LogP contribution in [0.2, 0.25) is 0 Å². The summed E-state index contributed by atoms with van der Waals surface area (Å²) in [5.74, 6) is 2.28. The van der Waals surface area contributed by atoms with Crippen LogP contribution in [0.25, 0.3) is 0 Å². The van der Waals surface area contributed by atoms with Crippen LogP contribution in [0.4, 0.5) is 0 Å². The number of piperidine rings is 1. The Morgan fingerprint density at radius 1 is 1.29 bits per heavy atom. The van der Waals surface area contributed by atoms with Crippen molar-refractivity contribution in [2.75, 3.05) is 13.1 Å². The minimum atomic E-state index is 0.203. The molecule has 0 aromatic carbocycles. The van der Waals surface area contributed by atoms with Gasteiger partial charge in [-0.05, 0) is 24.8 Å². The summed E-state index contributed by atoms with van der Waals surface area (Å²) in [6.45, 7) is 2.18. The Kier molecular flexibility index (Phi) is 5.23. The topological polar surface area (TPSA) is 86.7 Å². The van der Waals surface area contributed by atoms with E-state index in [4.69, 9.17) is 0 Å². The molecule has 4 heterocycles. The Bertz CT molecular complexity index is 926. The largest absolute Gasteiger partial charge is 0.342 e. The molecular weight excluding hydrogens is 356 g/mol. The Hall–Kier alpha value is -2.97. The zero-order valence-corrected chi connectivity index (χ0v) is 16.4. The molecule has 0 saturated carbocycles. The fourth-order valence-electron chi connectivity index (χ4n) is 3.84. The predicted molar refractivity (Wildman–Crippen MR) is 102 cm³/mol. The Labute approximate surface area is 164 Å². The predicted octanol–water partition coefficient (Wildman–Crippen LogP) is 1.13. The van der Waals surface area contributed by atoms with Crippen molar-refractivity contribution in [2.45, 2.75) is 38.1 Å². The van der Waals surface area contributed by atoms with E-state index in [1.807, 2.05) is 42.2 Å². The number of hydrogen-bond acceptors (Lipinski definition) is 5. The van der Waals surface area contributed by atoms with Gasteiger partial charge in [0.1, 0.15) is 5.82 Å². The van der Waals surface area contributed by atoms with Gasteiger partial charge in [0.05, 0.1) is 19.1 Å². The number of likely N-dealkylation sites (tertiary alicyclic amines) is 1. The summed E-state index contributed by atoms with van der Waals surface area (Å²) >= 11 is 0. The molecule has 9 heteroatoms. The number of amides is 1. The van der Waals surface area contributed by atoms with Crippen LogP contribution >= 0.6 is 0 Å². The van der Waals surface area contributed by atoms with E-state index in [0.29, 0.717) is 19.5 Å². The van der Waals surface area contributed by atoms with Gasteiger partial charge in [0.25, 0.3) is 0 Å². The maximum Gasteiger partial charge on any atom is 0.222 e. The lowest BCUT2D eigenvalue weighted by Gasteiger charge is -2.32. The van der Waals surface area contributed by atoms with Crippen molar-refractivity contribution in [1.82, 2.24) is 39.0 Å². The number of aromatic nitrogens is 7. The third-order valence-electron chi connectivity index (χ3n) is 5.41. The third kappa shape index (κ3) is 3.97. The van der Waals surface area contributed by atoms with E-state index in [-0.39, 0.29) is 11.8 Å². The average molecular weight is 382 g/mol. The van der Waals surface area contributed by atoms with Crippen LogP contribution in [0.15, 0.2) is 31.1 Å². The molecule has 148 valence electrons. The van der Waals surface area contributed by atoms with Crippen LogP contribution in [0.1, 0.15) is 42.4 Å². The molecule has 0 aliphatic carbocycles. The van der Waals surface area contributed by atoms with Crippen LogP contribution < -0.4 is 0 Å². The molecule has 1 amide bonds. The lowest BCUT2D eigenvalue weighted by Crippen LogP contribution is -2.39. The number of rotatable bonds is 6. The van der Waals surface area contributed by atoms with Gasteiger partial charge in [0, 0.05) is 58.1 Å². The third-order valence-corrected chi connectivity index (χ3v) is 5.41. The van der Waals surface area contributed by atoms with Crippen LogP contribution in [0.3, 0.4) is 0 Å². The van der Waals surface area contributed by atoms with Crippen LogP contribution in [-0.2, 0) is 31.9 Å². The summed E-state index contributed by atoms with van der Waals surface area (Å²) in [4.78, 5) is 18.8. The second kappa shape index (κ2) is 7.95. The molecule has 0 bridgehead atoms. The first kappa shape index (κ1) is 18.4. The lowest BCUT2D eigenvalue weighted by molar-refractivity contribution is -0.132. The first-order valence-electron chi connectivity index (χ1n) is 9.69. The molecule has 1 unspecified atom stereocenters. The van der Waals surface area contributed by atoms with Crippen LogP contribution in [-0.4, -0.2) is 58.0 Å². The minimum Gasteiger partial charge on any atom is -0.342 e. The molecule has 4 rings (SSSR count). The molecule has 28 heavy (non-hydrogen) atoms. The van der Waals surface area contributed by atoms with E-state index in [1.54, 1.807) is 17.2 Å². The summed E-state index contributed by atoms with van der Waals surface area (Å²) in [5, 5.41) is 13.0. The first-order valence-corrected chi connectivity index (χ1v) is 9.69. The summed E-state index contributed by atoms with van der Waals surface area (Å²) in [6.07, 6.45) is 12.5. The zero-order valence-electron chi connectivity index (χ0n) is 16.4. The maximum absolute atomic E-state index is 12.7. The molecule has 0 N–H and O–H groups in total. The molecule has 1 atom stereocenters. The highest BCUT2D eigenvalue weighted by Crippen LogP contribution is 2.26. The molecular formula is C19H26N8O. The van der Waals surface area contributed by atoms with Gasteiger partial charge in [-0.2, -0.15) is 5.10 Å². The smallest absolute Gasteiger partial charge is 0.222 e. The van der Waals surface area contributed by atoms with Crippen molar-refractivity contribution >= 4 is 5.91 Å². The normalized spacial score (nSPS) is 17.2. The number of carbonyl (C=O) groups excluding carboxylic acids is 1. The van der Waals surface area contributed by atoms with Gasteiger partial charge in [-0.1, -0.05) is 0 Å². The second-order valence-corrected chi connectivity index (χ2v) is 7.47. The van der Waals surface area contributed by atoms with E-state index in [9.17, 15) is 4.79 Å². The standard InChI is InChI=1S/C19H26N8O/c1-24-11-15(10-21-24)5-6-18(28)27-8-3-4-16(12-27)19-23-22-17(25(19)2)13-26-9-7-20-14-26/h7,9-11,14,16H,3-6,8,12-13H2,1-2H3. The van der Waals surface area contributed by atoms with E-state index in [2.05, 4.69) is 24.8 Å². The van der Waals surface area contributed by atoms with Crippen molar-refractivity contribution in [3.63, 3.8) is 0 Å². The zero-order chi connectivity index (χ0) is 19.5. The van der Waals surface area contributed by atoms with Gasteiger partial charge in [-0.15, -0.1) is 10.2 Å². The number of nitrogens with zero attached hydrogens (tertiary/aromatic N) is 8. The SMILES string of the molecule is Cn1cc(CCC(=O)N2CCCC(c3nnc(Cn4ccnc4)n3C)C2)cn1. The highest BCUT2D eigenvalue weighted by Gasteiger charge is 2.28. The Balaban J connectivity index is 1.38. The van der Waals surface area contributed by atoms with Crippen LogP contribution in [0, 0.1) is 0 Å².